The Morgan fingerprint density at radius 1 is 1.60 bits per heavy atom. The maximum atomic E-state index is 11.8. The first kappa shape index (κ1) is 11.1. The van der Waals surface area contributed by atoms with Crippen LogP contribution in [-0.4, -0.2) is 18.5 Å². The molecule has 82 valence electrons. The van der Waals surface area contributed by atoms with Crippen LogP contribution in [0, 0.1) is 0 Å². The Kier molecular flexibility index (Phi) is 3.78. The van der Waals surface area contributed by atoms with Gasteiger partial charge in [-0.3, -0.25) is 4.79 Å². The molecule has 0 aliphatic carbocycles. The molecule has 4 heteroatoms. The maximum Gasteiger partial charge on any atom is 0.176 e. The van der Waals surface area contributed by atoms with Crippen molar-refractivity contribution in [3.8, 4) is 0 Å². The van der Waals surface area contributed by atoms with Crippen molar-refractivity contribution in [2.45, 2.75) is 31.8 Å². The normalized spacial score (nSPS) is 21.5. The Bertz CT molecular complexity index is 342. The second kappa shape index (κ2) is 5.10. The summed E-state index contributed by atoms with van der Waals surface area (Å²) in [4.78, 5) is 12.5. The van der Waals surface area contributed by atoms with E-state index in [4.69, 9.17) is 16.3 Å². The fraction of sp³-hybridized carbons (Fsp3) is 0.545. The summed E-state index contributed by atoms with van der Waals surface area (Å²) in [5, 5.41) is 2.41. The highest BCUT2D eigenvalue weighted by Gasteiger charge is 2.20. The van der Waals surface area contributed by atoms with Gasteiger partial charge in [-0.15, -0.1) is 11.3 Å². The zero-order valence-electron chi connectivity index (χ0n) is 8.37. The fourth-order valence-corrected chi connectivity index (χ4v) is 2.87. The molecule has 0 radical (unpaired) electrons. The smallest absolute Gasteiger partial charge is 0.176 e. The van der Waals surface area contributed by atoms with Crippen LogP contribution in [0.5, 0.6) is 0 Å². The predicted molar refractivity (Wildman–Crippen MR) is 61.9 cm³/mol. The third kappa shape index (κ3) is 2.80. The lowest BCUT2D eigenvalue weighted by molar-refractivity contribution is 0.0130. The van der Waals surface area contributed by atoms with Crippen LogP contribution in [0.4, 0.5) is 0 Å². The van der Waals surface area contributed by atoms with E-state index >= 15 is 0 Å². The van der Waals surface area contributed by atoms with E-state index in [-0.39, 0.29) is 11.9 Å². The van der Waals surface area contributed by atoms with Gasteiger partial charge in [0, 0.05) is 13.0 Å². The summed E-state index contributed by atoms with van der Waals surface area (Å²) in [5.74, 6) is 0.113. The second-order valence-electron chi connectivity index (χ2n) is 3.71. The molecule has 0 amide bonds. The molecular formula is C11H13ClO2S. The lowest BCUT2D eigenvalue weighted by Gasteiger charge is -2.21. The average Bonchev–Trinajstić information content (AvgIpc) is 2.66. The lowest BCUT2D eigenvalue weighted by Crippen LogP contribution is -2.22. The maximum absolute atomic E-state index is 11.8. The summed E-state index contributed by atoms with van der Waals surface area (Å²) in [5.41, 5.74) is 0. The molecule has 1 unspecified atom stereocenters. The number of halogens is 1. The standard InChI is InChI=1S/C11H13ClO2S/c12-9-4-6-15-11(9)10(13)7-8-3-1-2-5-14-8/h4,6,8H,1-3,5,7H2. The van der Waals surface area contributed by atoms with Crippen molar-refractivity contribution < 1.29 is 9.53 Å². The molecule has 1 fully saturated rings. The van der Waals surface area contributed by atoms with Gasteiger partial charge >= 0.3 is 0 Å². The molecular weight excluding hydrogens is 232 g/mol. The van der Waals surface area contributed by atoms with Crippen LogP contribution in [0.25, 0.3) is 0 Å². The molecule has 0 spiro atoms. The van der Waals surface area contributed by atoms with Gasteiger partial charge in [-0.25, -0.2) is 0 Å². The van der Waals surface area contributed by atoms with Gasteiger partial charge < -0.3 is 4.74 Å². The van der Waals surface area contributed by atoms with Crippen LogP contribution >= 0.6 is 22.9 Å². The highest BCUT2D eigenvalue weighted by molar-refractivity contribution is 7.12. The molecule has 1 aromatic heterocycles. The molecule has 2 rings (SSSR count). The van der Waals surface area contributed by atoms with Gasteiger partial charge in [-0.1, -0.05) is 11.6 Å². The van der Waals surface area contributed by atoms with E-state index in [1.165, 1.54) is 11.3 Å². The van der Waals surface area contributed by atoms with E-state index < -0.39 is 0 Å². The Balaban J connectivity index is 1.94. The molecule has 0 saturated carbocycles. The number of ketones is 1. The first-order valence-electron chi connectivity index (χ1n) is 5.15. The van der Waals surface area contributed by atoms with Gasteiger partial charge in [0.2, 0.25) is 0 Å². The quantitative estimate of drug-likeness (QED) is 0.761. The third-order valence-electron chi connectivity index (χ3n) is 2.56. The Hall–Kier alpha value is -0.380. The SMILES string of the molecule is O=C(CC1CCCCO1)c1sccc1Cl. The zero-order chi connectivity index (χ0) is 10.7. The number of Topliss-reactive ketones (excluding diaryl/α,β-unsaturated/α-hetero) is 1. The van der Waals surface area contributed by atoms with E-state index in [1.54, 1.807) is 6.07 Å². The summed E-state index contributed by atoms with van der Waals surface area (Å²) in [7, 11) is 0. The van der Waals surface area contributed by atoms with E-state index in [0.29, 0.717) is 16.3 Å². The Labute approximate surface area is 98.2 Å². The summed E-state index contributed by atoms with van der Waals surface area (Å²) >= 11 is 7.31. The summed E-state index contributed by atoms with van der Waals surface area (Å²) < 4.78 is 5.53. The summed E-state index contributed by atoms with van der Waals surface area (Å²) in [6, 6.07) is 1.77. The number of rotatable bonds is 3. The molecule has 0 bridgehead atoms. The number of hydrogen-bond acceptors (Lipinski definition) is 3. The molecule has 1 aliphatic rings. The van der Waals surface area contributed by atoms with E-state index in [2.05, 4.69) is 0 Å². The minimum atomic E-state index is 0.101. The number of carbonyl (C=O) groups excluding carboxylic acids is 1. The van der Waals surface area contributed by atoms with Crippen molar-refractivity contribution in [1.29, 1.82) is 0 Å². The molecule has 1 aromatic rings. The highest BCUT2D eigenvalue weighted by Crippen LogP contribution is 2.25. The van der Waals surface area contributed by atoms with Crippen LogP contribution < -0.4 is 0 Å². The largest absolute Gasteiger partial charge is 0.378 e. The first-order valence-corrected chi connectivity index (χ1v) is 6.41. The predicted octanol–water partition coefficient (Wildman–Crippen LogP) is 3.54. The van der Waals surface area contributed by atoms with Gasteiger partial charge in [0.15, 0.2) is 5.78 Å². The fourth-order valence-electron chi connectivity index (χ4n) is 1.76. The van der Waals surface area contributed by atoms with Crippen LogP contribution in [0.2, 0.25) is 5.02 Å². The van der Waals surface area contributed by atoms with Crippen molar-refractivity contribution >= 4 is 28.7 Å². The topological polar surface area (TPSA) is 26.3 Å². The molecule has 0 aromatic carbocycles. The molecule has 1 atom stereocenters. The molecule has 2 heterocycles. The van der Waals surface area contributed by atoms with E-state index in [0.717, 1.165) is 25.9 Å². The van der Waals surface area contributed by atoms with Gasteiger partial charge in [0.25, 0.3) is 0 Å². The van der Waals surface area contributed by atoms with Crippen molar-refractivity contribution in [2.75, 3.05) is 6.61 Å². The van der Waals surface area contributed by atoms with Crippen molar-refractivity contribution in [3.05, 3.63) is 21.3 Å². The van der Waals surface area contributed by atoms with E-state index in [1.807, 2.05) is 5.38 Å². The minimum absolute atomic E-state index is 0.101. The number of hydrogen-bond donors (Lipinski definition) is 0. The monoisotopic (exact) mass is 244 g/mol. The molecule has 0 N–H and O–H groups in total. The Morgan fingerprint density at radius 3 is 3.07 bits per heavy atom. The van der Waals surface area contributed by atoms with Crippen LogP contribution in [0.3, 0.4) is 0 Å². The van der Waals surface area contributed by atoms with Crippen molar-refractivity contribution in [1.82, 2.24) is 0 Å². The molecule has 1 aliphatic heterocycles. The summed E-state index contributed by atoms with van der Waals surface area (Å²) in [6.07, 6.45) is 3.85. The second-order valence-corrected chi connectivity index (χ2v) is 5.04. The van der Waals surface area contributed by atoms with Crippen molar-refractivity contribution in [3.63, 3.8) is 0 Å². The summed E-state index contributed by atoms with van der Waals surface area (Å²) in [6.45, 7) is 0.788. The number of ether oxygens (including phenoxy) is 1. The Morgan fingerprint density at radius 2 is 2.47 bits per heavy atom. The van der Waals surface area contributed by atoms with Gasteiger partial charge in [-0.2, -0.15) is 0 Å². The van der Waals surface area contributed by atoms with Gasteiger partial charge in [0.1, 0.15) is 0 Å². The highest BCUT2D eigenvalue weighted by atomic mass is 35.5. The van der Waals surface area contributed by atoms with Crippen LogP contribution in [0.15, 0.2) is 11.4 Å². The number of thiophene rings is 1. The van der Waals surface area contributed by atoms with Crippen LogP contribution in [0.1, 0.15) is 35.4 Å². The average molecular weight is 245 g/mol. The van der Waals surface area contributed by atoms with Crippen LogP contribution in [-0.2, 0) is 4.74 Å². The van der Waals surface area contributed by atoms with Gasteiger partial charge in [-0.05, 0) is 30.7 Å². The van der Waals surface area contributed by atoms with E-state index in [9.17, 15) is 4.79 Å². The third-order valence-corrected chi connectivity index (χ3v) is 3.94. The lowest BCUT2D eigenvalue weighted by atomic mass is 10.0. The zero-order valence-corrected chi connectivity index (χ0v) is 9.94. The number of carbonyl (C=O) groups is 1. The molecule has 15 heavy (non-hydrogen) atoms. The molecule has 2 nitrogen and oxygen atoms in total. The van der Waals surface area contributed by atoms with Gasteiger partial charge in [0.05, 0.1) is 16.0 Å². The minimum Gasteiger partial charge on any atom is -0.378 e. The van der Waals surface area contributed by atoms with Crippen molar-refractivity contribution in [2.24, 2.45) is 0 Å². The molecule has 1 saturated heterocycles. The first-order chi connectivity index (χ1) is 7.27.